The van der Waals surface area contributed by atoms with Crippen molar-refractivity contribution in [2.24, 2.45) is 0 Å². The van der Waals surface area contributed by atoms with Gasteiger partial charge in [-0.3, -0.25) is 9.59 Å². The van der Waals surface area contributed by atoms with Gasteiger partial charge in [-0.1, -0.05) is 30.3 Å². The Bertz CT molecular complexity index is 1090. The predicted molar refractivity (Wildman–Crippen MR) is 106 cm³/mol. The molecule has 1 amide bonds. The molecule has 3 aromatic rings. The van der Waals surface area contributed by atoms with Crippen LogP contribution in [-0.4, -0.2) is 35.4 Å². The molecule has 8 heteroatoms. The van der Waals surface area contributed by atoms with Crippen LogP contribution < -0.4 is 15.5 Å². The number of aromatic nitrogens is 2. The highest BCUT2D eigenvalue weighted by atomic mass is 16.5. The van der Waals surface area contributed by atoms with Crippen LogP contribution in [0.5, 0.6) is 5.75 Å². The number of ether oxygens (including phenoxy) is 2. The van der Waals surface area contributed by atoms with E-state index in [1.807, 2.05) is 18.2 Å². The molecule has 8 nitrogen and oxygen atoms in total. The fourth-order valence-corrected chi connectivity index (χ4v) is 2.65. The summed E-state index contributed by atoms with van der Waals surface area (Å²) in [6, 6.07) is 17.2. The minimum absolute atomic E-state index is 0.399. The van der Waals surface area contributed by atoms with E-state index >= 15 is 0 Å². The highest BCUT2D eigenvalue weighted by molar-refractivity contribution is 5.95. The summed E-state index contributed by atoms with van der Waals surface area (Å²) in [5, 5.41) is 6.69. The van der Waals surface area contributed by atoms with E-state index < -0.39 is 29.6 Å². The second-order valence-corrected chi connectivity index (χ2v) is 6.07. The normalized spacial score (nSPS) is 10.3. The lowest BCUT2D eigenvalue weighted by Crippen LogP contribution is -2.27. The van der Waals surface area contributed by atoms with Crippen LogP contribution in [0.2, 0.25) is 0 Å². The summed E-state index contributed by atoms with van der Waals surface area (Å²) in [4.78, 5) is 36.6. The van der Waals surface area contributed by atoms with Gasteiger partial charge in [-0.25, -0.2) is 9.48 Å². The predicted octanol–water partition coefficient (Wildman–Crippen LogP) is 2.35. The molecule has 0 aliphatic carbocycles. The minimum atomic E-state index is -0.977. The lowest BCUT2D eigenvalue weighted by Gasteiger charge is -2.11. The lowest BCUT2D eigenvalue weighted by atomic mass is 10.3. The maximum Gasteiger partial charge on any atom is 0.363 e. The average molecular weight is 393 g/mol. The number of nitrogens with zero attached hydrogens (tertiary/aromatic N) is 2. The molecule has 148 valence electrons. The van der Waals surface area contributed by atoms with Crippen molar-refractivity contribution in [1.82, 2.24) is 9.78 Å². The first kappa shape index (κ1) is 19.8. The number of amides is 1. The van der Waals surface area contributed by atoms with Gasteiger partial charge in [0.2, 0.25) is 11.1 Å². The van der Waals surface area contributed by atoms with E-state index in [1.165, 1.54) is 17.9 Å². The first-order valence-electron chi connectivity index (χ1n) is 8.76. The van der Waals surface area contributed by atoms with Crippen molar-refractivity contribution >= 4 is 17.6 Å². The number of methoxy groups -OCH3 is 1. The number of aryl methyl sites for hydroxylation is 1. The second kappa shape index (κ2) is 8.83. The summed E-state index contributed by atoms with van der Waals surface area (Å²) in [6.07, 6.45) is 0. The van der Waals surface area contributed by atoms with Gasteiger partial charge in [-0.15, -0.1) is 0 Å². The van der Waals surface area contributed by atoms with E-state index in [0.29, 0.717) is 22.8 Å². The van der Waals surface area contributed by atoms with Crippen LogP contribution in [0.15, 0.2) is 65.5 Å². The Balaban J connectivity index is 1.72. The van der Waals surface area contributed by atoms with Crippen molar-refractivity contribution in [3.8, 4) is 11.4 Å². The molecule has 2 aromatic carbocycles. The number of anilines is 1. The van der Waals surface area contributed by atoms with Crippen LogP contribution >= 0.6 is 0 Å². The fourth-order valence-electron chi connectivity index (χ4n) is 2.65. The topological polar surface area (TPSA) is 99.5 Å². The molecule has 0 spiro atoms. The average Bonchev–Trinajstić information content (AvgIpc) is 2.73. The number of para-hydroxylation sites is 3. The molecule has 29 heavy (non-hydrogen) atoms. The third kappa shape index (κ3) is 4.67. The molecule has 0 fully saturated rings. The zero-order chi connectivity index (χ0) is 20.8. The van der Waals surface area contributed by atoms with E-state index in [2.05, 4.69) is 10.4 Å². The van der Waals surface area contributed by atoms with E-state index in [0.717, 1.165) is 0 Å². The Morgan fingerprint density at radius 1 is 1.07 bits per heavy atom. The van der Waals surface area contributed by atoms with Crippen molar-refractivity contribution in [3.63, 3.8) is 0 Å². The third-order valence-electron chi connectivity index (χ3n) is 4.02. The molecule has 1 N–H and O–H groups in total. The molecule has 0 bridgehead atoms. The highest BCUT2D eigenvalue weighted by Crippen LogP contribution is 2.22. The highest BCUT2D eigenvalue weighted by Gasteiger charge is 2.18. The molecule has 0 atom stereocenters. The number of nitrogens with one attached hydrogen (secondary N) is 1. The molecule has 0 aliphatic rings. The number of carbonyl (C=O) groups excluding carboxylic acids is 2. The number of benzene rings is 2. The third-order valence-corrected chi connectivity index (χ3v) is 4.02. The standard InChI is InChI=1S/C21H19N3O5/c1-14-12-17(25)20(23-24(14)15-8-4-3-5-9-15)21(27)29-13-19(26)22-16-10-6-7-11-18(16)28-2/h3-12H,13H2,1-2H3,(H,22,26). The summed E-state index contributed by atoms with van der Waals surface area (Å²) < 4.78 is 11.6. The molecule has 0 saturated heterocycles. The Kier molecular flexibility index (Phi) is 6.03. The fraction of sp³-hybridized carbons (Fsp3) is 0.143. The smallest absolute Gasteiger partial charge is 0.363 e. The summed E-state index contributed by atoms with van der Waals surface area (Å²) >= 11 is 0. The Morgan fingerprint density at radius 2 is 1.76 bits per heavy atom. The molecule has 1 aromatic heterocycles. The van der Waals surface area contributed by atoms with Crippen LogP contribution in [0.4, 0.5) is 5.69 Å². The number of carbonyl (C=O) groups is 2. The number of esters is 1. The quantitative estimate of drug-likeness (QED) is 0.646. The van der Waals surface area contributed by atoms with Crippen molar-refractivity contribution in [1.29, 1.82) is 0 Å². The monoisotopic (exact) mass is 393 g/mol. The largest absolute Gasteiger partial charge is 0.495 e. The first-order valence-corrected chi connectivity index (χ1v) is 8.76. The molecular formula is C21H19N3O5. The molecule has 0 saturated carbocycles. The van der Waals surface area contributed by atoms with Crippen LogP contribution in [0.1, 0.15) is 16.2 Å². The van der Waals surface area contributed by atoms with E-state index in [1.54, 1.807) is 43.3 Å². The van der Waals surface area contributed by atoms with E-state index in [4.69, 9.17) is 9.47 Å². The first-order chi connectivity index (χ1) is 14.0. The van der Waals surface area contributed by atoms with Gasteiger partial charge in [0.25, 0.3) is 5.91 Å². The van der Waals surface area contributed by atoms with Gasteiger partial charge in [-0.05, 0) is 31.2 Å². The Hall–Kier alpha value is -3.94. The van der Waals surface area contributed by atoms with Gasteiger partial charge in [-0.2, -0.15) is 5.10 Å². The van der Waals surface area contributed by atoms with E-state index in [-0.39, 0.29) is 0 Å². The van der Waals surface area contributed by atoms with Gasteiger partial charge in [0.1, 0.15) is 5.75 Å². The van der Waals surface area contributed by atoms with Gasteiger partial charge >= 0.3 is 5.97 Å². The molecule has 0 unspecified atom stereocenters. The summed E-state index contributed by atoms with van der Waals surface area (Å²) in [5.74, 6) is -1.08. The van der Waals surface area contributed by atoms with Crippen molar-refractivity contribution in [3.05, 3.63) is 82.3 Å². The van der Waals surface area contributed by atoms with Crippen molar-refractivity contribution < 1.29 is 19.1 Å². The minimum Gasteiger partial charge on any atom is -0.495 e. The Labute approximate surface area is 166 Å². The molecule has 1 heterocycles. The van der Waals surface area contributed by atoms with Crippen molar-refractivity contribution in [2.45, 2.75) is 6.92 Å². The van der Waals surface area contributed by atoms with Gasteiger partial charge in [0.15, 0.2) is 6.61 Å². The van der Waals surface area contributed by atoms with Gasteiger partial charge in [0, 0.05) is 11.8 Å². The maximum atomic E-state index is 12.3. The molecule has 3 rings (SSSR count). The zero-order valence-corrected chi connectivity index (χ0v) is 15.9. The van der Waals surface area contributed by atoms with Crippen LogP contribution in [0.3, 0.4) is 0 Å². The van der Waals surface area contributed by atoms with Gasteiger partial charge < -0.3 is 14.8 Å². The Morgan fingerprint density at radius 3 is 2.48 bits per heavy atom. The summed E-state index contributed by atoms with van der Waals surface area (Å²) in [7, 11) is 1.48. The maximum absolute atomic E-state index is 12.3. The SMILES string of the molecule is COc1ccccc1NC(=O)COC(=O)c1nn(-c2ccccc2)c(C)cc1=O. The second-order valence-electron chi connectivity index (χ2n) is 6.07. The number of rotatable bonds is 6. The van der Waals surface area contributed by atoms with Crippen LogP contribution in [0.25, 0.3) is 5.69 Å². The van der Waals surface area contributed by atoms with Gasteiger partial charge in [0.05, 0.1) is 18.5 Å². The van der Waals surface area contributed by atoms with Crippen molar-refractivity contribution in [2.75, 3.05) is 19.0 Å². The molecular weight excluding hydrogens is 374 g/mol. The number of hydrogen-bond acceptors (Lipinski definition) is 6. The zero-order valence-electron chi connectivity index (χ0n) is 15.9. The molecule has 0 radical (unpaired) electrons. The van der Waals surface area contributed by atoms with Crippen LogP contribution in [-0.2, 0) is 9.53 Å². The lowest BCUT2D eigenvalue weighted by molar-refractivity contribution is -0.119. The van der Waals surface area contributed by atoms with Crippen LogP contribution in [0, 0.1) is 6.92 Å². The summed E-state index contributed by atoms with van der Waals surface area (Å²) in [6.45, 7) is 1.13. The number of hydrogen-bond donors (Lipinski definition) is 1. The molecule has 0 aliphatic heterocycles. The summed E-state index contributed by atoms with van der Waals surface area (Å²) in [5.41, 5.74) is 0.713. The van der Waals surface area contributed by atoms with E-state index in [9.17, 15) is 14.4 Å².